The summed E-state index contributed by atoms with van der Waals surface area (Å²) >= 11 is 0. The fraction of sp³-hybridized carbons (Fsp3) is 0.600. The zero-order chi connectivity index (χ0) is 30.9. The summed E-state index contributed by atoms with van der Waals surface area (Å²) in [5, 5.41) is 2.80. The average molecular weight is 593 g/mol. The number of carbonyl (C=O) groups is 2. The van der Waals surface area contributed by atoms with Gasteiger partial charge in [-0.2, -0.15) is 0 Å². The smallest absolute Gasteiger partial charge is 0.262 e. The molecule has 3 heterocycles. The molecule has 2 amide bonds. The largest absolute Gasteiger partial charge is 0.497 e. The minimum Gasteiger partial charge on any atom is -0.497 e. The Morgan fingerprint density at radius 3 is 2.21 bits per heavy atom. The zero-order valence-electron chi connectivity index (χ0n) is 26.8. The Kier molecular flexibility index (Phi) is 9.07. The molecular formula is C35H49FN4O3. The number of alkyl halides is 1. The highest BCUT2D eigenvalue weighted by molar-refractivity contribution is 5.87. The number of hydrogen-bond donors (Lipinski definition) is 1. The van der Waals surface area contributed by atoms with Crippen molar-refractivity contribution in [2.45, 2.75) is 76.4 Å². The van der Waals surface area contributed by atoms with Crippen LogP contribution >= 0.6 is 0 Å². The molecule has 2 aromatic rings. The Labute approximate surface area is 256 Å². The van der Waals surface area contributed by atoms with Gasteiger partial charge in [0, 0.05) is 69.4 Å². The first-order valence-corrected chi connectivity index (χ1v) is 15.9. The molecular weight excluding hydrogens is 543 g/mol. The molecule has 234 valence electrons. The number of nitrogens with zero attached hydrogens (tertiary/aromatic N) is 3. The number of carbonyl (C=O) groups excluding carboxylic acids is 2. The lowest BCUT2D eigenvalue weighted by Crippen LogP contribution is -2.53. The number of methoxy groups -OCH3 is 1. The Hall–Kier alpha value is -3.13. The number of hydrogen-bond acceptors (Lipinski definition) is 5. The first-order valence-electron chi connectivity index (χ1n) is 15.9. The first-order chi connectivity index (χ1) is 20.4. The van der Waals surface area contributed by atoms with Crippen LogP contribution in [0.4, 0.5) is 10.1 Å². The van der Waals surface area contributed by atoms with Crippen molar-refractivity contribution in [2.24, 2.45) is 5.92 Å². The molecule has 0 aliphatic carbocycles. The number of aryl methyl sites for hydroxylation is 1. The van der Waals surface area contributed by atoms with Gasteiger partial charge in [-0.15, -0.1) is 0 Å². The Balaban J connectivity index is 1.31. The van der Waals surface area contributed by atoms with Crippen LogP contribution in [-0.4, -0.2) is 86.2 Å². The van der Waals surface area contributed by atoms with Crippen molar-refractivity contribution in [1.29, 1.82) is 0 Å². The van der Waals surface area contributed by atoms with E-state index in [1.807, 2.05) is 24.3 Å². The molecule has 7 nitrogen and oxygen atoms in total. The summed E-state index contributed by atoms with van der Waals surface area (Å²) < 4.78 is 22.5. The average Bonchev–Trinajstić information content (AvgIpc) is 3.39. The number of amides is 2. The van der Waals surface area contributed by atoms with Crippen LogP contribution in [0.25, 0.3) is 0 Å². The van der Waals surface area contributed by atoms with E-state index in [0.29, 0.717) is 25.6 Å². The topological polar surface area (TPSA) is 65.1 Å². The van der Waals surface area contributed by atoms with Crippen LogP contribution in [0.3, 0.4) is 0 Å². The van der Waals surface area contributed by atoms with Gasteiger partial charge in [0.05, 0.1) is 7.11 Å². The number of benzene rings is 2. The lowest BCUT2D eigenvalue weighted by molar-refractivity contribution is -0.145. The van der Waals surface area contributed by atoms with Crippen LogP contribution in [0.15, 0.2) is 42.5 Å². The van der Waals surface area contributed by atoms with Gasteiger partial charge in [-0.3, -0.25) is 14.5 Å². The predicted molar refractivity (Wildman–Crippen MR) is 170 cm³/mol. The van der Waals surface area contributed by atoms with Crippen LogP contribution in [0, 0.1) is 12.8 Å². The number of halogens is 1. The van der Waals surface area contributed by atoms with E-state index in [9.17, 15) is 9.59 Å². The summed E-state index contributed by atoms with van der Waals surface area (Å²) in [7, 11) is 3.33. The SMILES string of the molecule is CNC(=O)C1CCN(c2cc(C)ccc2C2CCN(C(=O)[C@]3(F)CN(C(C)(C)C)C[C@H]3c3ccc(OC)cc3)CC2)CC1. The molecule has 3 aliphatic heterocycles. The second-order valence-corrected chi connectivity index (χ2v) is 13.7. The van der Waals surface area contributed by atoms with Gasteiger partial charge < -0.3 is 19.9 Å². The number of piperidine rings is 2. The van der Waals surface area contributed by atoms with Crippen LogP contribution in [0.1, 0.15) is 75.0 Å². The summed E-state index contributed by atoms with van der Waals surface area (Å²) in [5.41, 5.74) is 2.37. The van der Waals surface area contributed by atoms with Crippen LogP contribution < -0.4 is 15.0 Å². The minimum absolute atomic E-state index is 0.0725. The van der Waals surface area contributed by atoms with Crippen molar-refractivity contribution >= 4 is 17.5 Å². The van der Waals surface area contributed by atoms with Crippen LogP contribution in [-0.2, 0) is 9.59 Å². The van der Waals surface area contributed by atoms with E-state index in [-0.39, 0.29) is 29.8 Å². The van der Waals surface area contributed by atoms with E-state index in [1.165, 1.54) is 16.8 Å². The standard InChI is InChI=1S/C35H49FN4O3/c1-24-7-12-29(31(21-24)38-17-15-27(16-18-38)32(41)37-5)25-13-19-39(20-14-25)33(42)35(36)23-40(34(2,3)4)22-30(35)26-8-10-28(43-6)11-9-26/h7-12,21,25,27,30H,13-20,22-23H2,1-6H3,(H,37,41)/t30-,35-/m0/s1. The molecule has 1 N–H and O–H groups in total. The Bertz CT molecular complexity index is 1290. The van der Waals surface area contributed by atoms with Gasteiger partial charge in [0.15, 0.2) is 0 Å². The summed E-state index contributed by atoms with van der Waals surface area (Å²) in [6.45, 7) is 11.8. The number of anilines is 1. The van der Waals surface area contributed by atoms with Gasteiger partial charge >= 0.3 is 0 Å². The Morgan fingerprint density at radius 2 is 1.63 bits per heavy atom. The van der Waals surface area contributed by atoms with Gasteiger partial charge in [0.2, 0.25) is 11.6 Å². The fourth-order valence-electron chi connectivity index (χ4n) is 7.27. The highest BCUT2D eigenvalue weighted by Crippen LogP contribution is 2.45. The van der Waals surface area contributed by atoms with E-state index in [2.05, 4.69) is 61.0 Å². The van der Waals surface area contributed by atoms with E-state index >= 15 is 4.39 Å². The first kappa shape index (κ1) is 31.3. The monoisotopic (exact) mass is 592 g/mol. The summed E-state index contributed by atoms with van der Waals surface area (Å²) in [6, 6.07) is 14.2. The highest BCUT2D eigenvalue weighted by atomic mass is 19.1. The van der Waals surface area contributed by atoms with E-state index < -0.39 is 11.6 Å². The molecule has 0 spiro atoms. The van der Waals surface area contributed by atoms with Crippen molar-refractivity contribution in [3.8, 4) is 5.75 Å². The van der Waals surface area contributed by atoms with E-state index in [4.69, 9.17) is 4.74 Å². The molecule has 43 heavy (non-hydrogen) atoms. The maximum atomic E-state index is 17.2. The van der Waals surface area contributed by atoms with Gasteiger partial charge in [0.25, 0.3) is 5.91 Å². The van der Waals surface area contributed by atoms with Crippen molar-refractivity contribution < 1.29 is 18.7 Å². The third kappa shape index (κ3) is 6.40. The lowest BCUT2D eigenvalue weighted by Gasteiger charge is -2.39. The van der Waals surface area contributed by atoms with Crippen LogP contribution in [0.2, 0.25) is 0 Å². The molecule has 0 aromatic heterocycles. The molecule has 2 atom stereocenters. The molecule has 0 unspecified atom stereocenters. The normalized spacial score (nSPS) is 24.3. The molecule has 3 saturated heterocycles. The van der Waals surface area contributed by atoms with Gasteiger partial charge in [-0.1, -0.05) is 24.3 Å². The molecule has 0 radical (unpaired) electrons. The second-order valence-electron chi connectivity index (χ2n) is 13.7. The van der Waals surface area contributed by atoms with Gasteiger partial charge in [-0.05, 0) is 94.2 Å². The predicted octanol–water partition coefficient (Wildman–Crippen LogP) is 5.28. The second kappa shape index (κ2) is 12.5. The molecule has 3 aliphatic rings. The number of likely N-dealkylation sites (tertiary alicyclic amines) is 2. The molecule has 0 bridgehead atoms. The lowest BCUT2D eigenvalue weighted by atomic mass is 9.83. The summed E-state index contributed by atoms with van der Waals surface area (Å²) in [6.07, 6.45) is 3.31. The third-order valence-electron chi connectivity index (χ3n) is 10.1. The zero-order valence-corrected chi connectivity index (χ0v) is 26.8. The molecule has 3 fully saturated rings. The van der Waals surface area contributed by atoms with Gasteiger partial charge in [0.1, 0.15) is 5.75 Å². The number of rotatable bonds is 6. The van der Waals surface area contributed by atoms with Crippen molar-refractivity contribution in [3.05, 3.63) is 59.2 Å². The highest BCUT2D eigenvalue weighted by Gasteiger charge is 2.57. The molecule has 2 aromatic carbocycles. The van der Waals surface area contributed by atoms with Crippen molar-refractivity contribution in [3.63, 3.8) is 0 Å². The maximum Gasteiger partial charge on any atom is 0.262 e. The minimum atomic E-state index is -1.99. The maximum absolute atomic E-state index is 17.2. The Morgan fingerprint density at radius 1 is 0.977 bits per heavy atom. The number of ether oxygens (including phenoxy) is 1. The molecule has 8 heteroatoms. The molecule has 0 saturated carbocycles. The summed E-state index contributed by atoms with van der Waals surface area (Å²) in [4.78, 5) is 32.6. The third-order valence-corrected chi connectivity index (χ3v) is 10.1. The van der Waals surface area contributed by atoms with E-state index in [0.717, 1.165) is 50.1 Å². The van der Waals surface area contributed by atoms with E-state index in [1.54, 1.807) is 19.1 Å². The van der Waals surface area contributed by atoms with Gasteiger partial charge in [-0.25, -0.2) is 4.39 Å². The van der Waals surface area contributed by atoms with Crippen LogP contribution in [0.5, 0.6) is 5.75 Å². The number of nitrogens with one attached hydrogen (secondary N) is 1. The van der Waals surface area contributed by atoms with Crippen molar-refractivity contribution in [2.75, 3.05) is 58.3 Å². The summed E-state index contributed by atoms with van der Waals surface area (Å²) in [5.74, 6) is 0.318. The molecule has 5 rings (SSSR count). The van der Waals surface area contributed by atoms with Crippen molar-refractivity contribution in [1.82, 2.24) is 15.1 Å². The quantitative estimate of drug-likeness (QED) is 0.495. The fourth-order valence-corrected chi connectivity index (χ4v) is 7.27.